The number of hydrogen-bond acceptors (Lipinski definition) is 2. The van der Waals surface area contributed by atoms with Gasteiger partial charge in [-0.25, -0.2) is 4.79 Å². The van der Waals surface area contributed by atoms with Gasteiger partial charge in [-0.05, 0) is 55.3 Å². The van der Waals surface area contributed by atoms with Crippen molar-refractivity contribution in [2.75, 3.05) is 5.32 Å². The smallest absolute Gasteiger partial charge is 0.319 e. The van der Waals surface area contributed by atoms with E-state index in [4.69, 9.17) is 27.6 Å². The van der Waals surface area contributed by atoms with Crippen LogP contribution in [0, 0.1) is 0 Å². The molecule has 0 bridgehead atoms. The molecule has 28 heavy (non-hydrogen) atoms. The van der Waals surface area contributed by atoms with E-state index in [9.17, 15) is 4.79 Å². The van der Waals surface area contributed by atoms with Crippen molar-refractivity contribution in [2.45, 2.75) is 19.4 Å². The van der Waals surface area contributed by atoms with E-state index in [1.165, 1.54) is 0 Å². The highest BCUT2D eigenvalue weighted by Gasteiger charge is 2.12. The van der Waals surface area contributed by atoms with E-state index >= 15 is 0 Å². The summed E-state index contributed by atoms with van der Waals surface area (Å²) in [4.78, 5) is 12.2. The highest BCUT2D eigenvalue weighted by atomic mass is 35.5. The third-order valence-electron chi connectivity index (χ3n) is 4.54. The summed E-state index contributed by atoms with van der Waals surface area (Å²) in [6.07, 6.45) is 0.699. The van der Waals surface area contributed by atoms with Gasteiger partial charge in [0.1, 0.15) is 11.2 Å². The number of halogens is 2. The Morgan fingerprint density at radius 3 is 2.57 bits per heavy atom. The largest absolute Gasteiger partial charge is 0.456 e. The van der Waals surface area contributed by atoms with Crippen LogP contribution in [-0.4, -0.2) is 12.1 Å². The highest BCUT2D eigenvalue weighted by molar-refractivity contribution is 6.42. The summed E-state index contributed by atoms with van der Waals surface area (Å²) in [5, 5.41) is 8.73. The average Bonchev–Trinajstić information content (AvgIpc) is 3.02. The van der Waals surface area contributed by atoms with Gasteiger partial charge in [-0.3, -0.25) is 0 Å². The summed E-state index contributed by atoms with van der Waals surface area (Å²) in [6.45, 7) is 1.96. The van der Waals surface area contributed by atoms with E-state index in [0.29, 0.717) is 22.2 Å². The van der Waals surface area contributed by atoms with E-state index in [-0.39, 0.29) is 12.1 Å². The fourth-order valence-corrected chi connectivity index (χ4v) is 3.57. The average molecular weight is 413 g/mol. The molecule has 4 rings (SSSR count). The summed E-state index contributed by atoms with van der Waals surface area (Å²) in [6, 6.07) is 18.7. The van der Waals surface area contributed by atoms with Crippen molar-refractivity contribution in [3.05, 3.63) is 76.3 Å². The van der Waals surface area contributed by atoms with Gasteiger partial charge in [-0.1, -0.05) is 47.5 Å². The third-order valence-corrected chi connectivity index (χ3v) is 5.28. The van der Waals surface area contributed by atoms with Crippen molar-refractivity contribution >= 4 is 56.9 Å². The fraction of sp³-hybridized carbons (Fsp3) is 0.136. The number of carbonyl (C=O) groups excluding carboxylic acids is 1. The topological polar surface area (TPSA) is 54.3 Å². The second-order valence-electron chi connectivity index (χ2n) is 6.76. The number of carbonyl (C=O) groups is 1. The van der Waals surface area contributed by atoms with Gasteiger partial charge in [-0.15, -0.1) is 0 Å². The van der Waals surface area contributed by atoms with Gasteiger partial charge in [-0.2, -0.15) is 0 Å². The van der Waals surface area contributed by atoms with Crippen LogP contribution in [0.1, 0.15) is 12.5 Å². The van der Waals surface area contributed by atoms with Crippen LogP contribution in [0.3, 0.4) is 0 Å². The van der Waals surface area contributed by atoms with Crippen LogP contribution >= 0.6 is 23.2 Å². The van der Waals surface area contributed by atoms with Gasteiger partial charge in [0.15, 0.2) is 0 Å². The Morgan fingerprint density at radius 2 is 1.75 bits per heavy atom. The van der Waals surface area contributed by atoms with E-state index in [1.807, 2.05) is 37.3 Å². The molecule has 2 N–H and O–H groups in total. The molecule has 1 unspecified atom stereocenters. The zero-order chi connectivity index (χ0) is 19.7. The monoisotopic (exact) mass is 412 g/mol. The maximum absolute atomic E-state index is 12.2. The summed E-state index contributed by atoms with van der Waals surface area (Å²) in [7, 11) is 0. The molecule has 0 saturated heterocycles. The Morgan fingerprint density at radius 1 is 0.964 bits per heavy atom. The number of nitrogens with one attached hydrogen (secondary N) is 2. The highest BCUT2D eigenvalue weighted by Crippen LogP contribution is 2.29. The first-order chi connectivity index (χ1) is 13.5. The molecule has 0 spiro atoms. The van der Waals surface area contributed by atoms with Gasteiger partial charge in [0, 0.05) is 22.5 Å². The van der Waals surface area contributed by atoms with Crippen LogP contribution < -0.4 is 10.6 Å². The first-order valence-electron chi connectivity index (χ1n) is 8.92. The number of para-hydroxylation sites is 1. The van der Waals surface area contributed by atoms with Crippen molar-refractivity contribution in [2.24, 2.45) is 0 Å². The minimum absolute atomic E-state index is 0.0570. The molecule has 6 heteroatoms. The van der Waals surface area contributed by atoms with E-state index < -0.39 is 0 Å². The molecule has 4 aromatic rings. The number of anilines is 1. The van der Waals surface area contributed by atoms with Crippen molar-refractivity contribution in [3.8, 4) is 0 Å². The van der Waals surface area contributed by atoms with E-state index in [1.54, 1.807) is 18.2 Å². The molecular formula is C22H18Cl2N2O2. The zero-order valence-electron chi connectivity index (χ0n) is 15.1. The zero-order valence-corrected chi connectivity index (χ0v) is 16.6. The van der Waals surface area contributed by atoms with Crippen LogP contribution in [-0.2, 0) is 6.42 Å². The van der Waals surface area contributed by atoms with E-state index in [0.717, 1.165) is 27.5 Å². The molecule has 1 atom stereocenters. The van der Waals surface area contributed by atoms with Crippen molar-refractivity contribution in [1.29, 1.82) is 0 Å². The number of hydrogen-bond donors (Lipinski definition) is 2. The second-order valence-corrected chi connectivity index (χ2v) is 7.58. The first-order valence-corrected chi connectivity index (χ1v) is 9.68. The Hall–Kier alpha value is -2.69. The Balaban J connectivity index is 1.44. The van der Waals surface area contributed by atoms with Gasteiger partial charge < -0.3 is 15.1 Å². The number of furan rings is 1. The fourth-order valence-electron chi connectivity index (χ4n) is 3.27. The normalized spacial score (nSPS) is 12.2. The predicted molar refractivity (Wildman–Crippen MR) is 116 cm³/mol. The number of benzene rings is 3. The number of amides is 2. The van der Waals surface area contributed by atoms with Crippen molar-refractivity contribution < 1.29 is 9.21 Å². The Labute approximate surface area is 172 Å². The molecule has 0 aliphatic rings. The van der Waals surface area contributed by atoms with Gasteiger partial charge in [0.2, 0.25) is 0 Å². The van der Waals surface area contributed by atoms with Gasteiger partial charge in [0.05, 0.1) is 10.0 Å². The maximum Gasteiger partial charge on any atom is 0.319 e. The molecule has 1 aromatic heterocycles. The first kappa shape index (κ1) is 18.7. The molecule has 0 aliphatic heterocycles. The molecule has 2 amide bonds. The number of rotatable bonds is 4. The number of fused-ring (bicyclic) bond motifs is 3. The van der Waals surface area contributed by atoms with Crippen molar-refractivity contribution in [1.82, 2.24) is 5.32 Å². The quantitative estimate of drug-likeness (QED) is 0.394. The summed E-state index contributed by atoms with van der Waals surface area (Å²) in [5.41, 5.74) is 3.46. The Kier molecular flexibility index (Phi) is 5.16. The van der Waals surface area contributed by atoms with Crippen LogP contribution in [0.2, 0.25) is 10.0 Å². The molecule has 1 heterocycles. The molecule has 3 aromatic carbocycles. The molecule has 0 aliphatic carbocycles. The lowest BCUT2D eigenvalue weighted by atomic mass is 10.0. The third kappa shape index (κ3) is 3.93. The lowest BCUT2D eigenvalue weighted by Crippen LogP contribution is -2.37. The second kappa shape index (κ2) is 7.74. The van der Waals surface area contributed by atoms with Gasteiger partial charge >= 0.3 is 6.03 Å². The molecule has 0 radical (unpaired) electrons. The SMILES string of the molecule is CC(Cc1ccc2oc3ccccc3c2c1)NC(=O)Nc1ccc(Cl)c(Cl)c1. The molecule has 0 fully saturated rings. The summed E-state index contributed by atoms with van der Waals surface area (Å²) < 4.78 is 5.86. The van der Waals surface area contributed by atoms with Crippen LogP contribution in [0.5, 0.6) is 0 Å². The van der Waals surface area contributed by atoms with E-state index in [2.05, 4.69) is 22.8 Å². The van der Waals surface area contributed by atoms with Crippen LogP contribution in [0.4, 0.5) is 10.5 Å². The lowest BCUT2D eigenvalue weighted by Gasteiger charge is -2.15. The number of urea groups is 1. The summed E-state index contributed by atoms with van der Waals surface area (Å²) in [5.74, 6) is 0. The van der Waals surface area contributed by atoms with Crippen molar-refractivity contribution in [3.63, 3.8) is 0 Å². The lowest BCUT2D eigenvalue weighted by molar-refractivity contribution is 0.249. The minimum Gasteiger partial charge on any atom is -0.456 e. The van der Waals surface area contributed by atoms with Crippen LogP contribution in [0.25, 0.3) is 21.9 Å². The summed E-state index contributed by atoms with van der Waals surface area (Å²) >= 11 is 11.9. The minimum atomic E-state index is -0.291. The Bertz CT molecular complexity index is 1170. The molecule has 142 valence electrons. The predicted octanol–water partition coefficient (Wildman–Crippen LogP) is 6.65. The maximum atomic E-state index is 12.2. The standard InChI is InChI=1S/C22H18Cl2N2O2/c1-13(25-22(27)26-15-7-8-18(23)19(24)12-15)10-14-6-9-21-17(11-14)16-4-2-3-5-20(16)28-21/h2-9,11-13H,10H2,1H3,(H2,25,26,27). The molecular weight excluding hydrogens is 395 g/mol. The van der Waals surface area contributed by atoms with Crippen LogP contribution in [0.15, 0.2) is 65.1 Å². The molecule has 0 saturated carbocycles. The van der Waals surface area contributed by atoms with Gasteiger partial charge in [0.25, 0.3) is 0 Å². The molecule has 4 nitrogen and oxygen atoms in total.